The van der Waals surface area contributed by atoms with E-state index in [9.17, 15) is 4.79 Å². The Kier molecular flexibility index (Phi) is 6.71. The molecule has 2 aromatic carbocycles. The van der Waals surface area contributed by atoms with Gasteiger partial charge in [0.1, 0.15) is 11.9 Å². The van der Waals surface area contributed by atoms with Crippen LogP contribution in [0.25, 0.3) is 0 Å². The van der Waals surface area contributed by atoms with Crippen LogP contribution in [-0.4, -0.2) is 50.9 Å². The molecule has 5 nitrogen and oxygen atoms in total. The molecule has 1 unspecified atom stereocenters. The third kappa shape index (κ3) is 5.47. The first-order valence-electron chi connectivity index (χ1n) is 9.50. The molecule has 0 N–H and O–H groups in total. The van der Waals surface area contributed by atoms with Gasteiger partial charge in [-0.1, -0.05) is 30.3 Å². The van der Waals surface area contributed by atoms with Crippen LogP contribution < -0.4 is 9.64 Å². The molecule has 0 aliphatic carbocycles. The van der Waals surface area contributed by atoms with Crippen LogP contribution in [0.5, 0.6) is 5.75 Å². The first kappa shape index (κ1) is 19.2. The number of benzene rings is 2. The third-order valence-corrected chi connectivity index (χ3v) is 4.92. The summed E-state index contributed by atoms with van der Waals surface area (Å²) in [6, 6.07) is 17.7. The molecule has 1 aliphatic heterocycles. The van der Waals surface area contributed by atoms with E-state index in [1.54, 1.807) is 12.0 Å². The number of hydrogen-bond donors (Lipinski definition) is 0. The zero-order valence-electron chi connectivity index (χ0n) is 16.1. The minimum atomic E-state index is -0.269. The molecule has 1 saturated heterocycles. The molecule has 3 rings (SSSR count). The SMILES string of the molecule is COc1ccc(CCN(C(=O)OC2CCCN(C)C2)c2ccccc2)cc1. The Morgan fingerprint density at radius 1 is 1.15 bits per heavy atom. The van der Waals surface area contributed by atoms with Crippen molar-refractivity contribution in [1.29, 1.82) is 0 Å². The summed E-state index contributed by atoms with van der Waals surface area (Å²) >= 11 is 0. The molecule has 1 amide bonds. The highest BCUT2D eigenvalue weighted by Gasteiger charge is 2.24. The van der Waals surface area contributed by atoms with Crippen molar-refractivity contribution in [3.63, 3.8) is 0 Å². The first-order valence-corrected chi connectivity index (χ1v) is 9.50. The van der Waals surface area contributed by atoms with Crippen molar-refractivity contribution in [2.75, 3.05) is 38.7 Å². The predicted octanol–water partition coefficient (Wildman–Crippen LogP) is 3.98. The largest absolute Gasteiger partial charge is 0.497 e. The van der Waals surface area contributed by atoms with Crippen LogP contribution in [0.3, 0.4) is 0 Å². The van der Waals surface area contributed by atoms with Crippen molar-refractivity contribution in [2.45, 2.75) is 25.4 Å². The molecule has 0 aromatic heterocycles. The fourth-order valence-electron chi connectivity index (χ4n) is 3.39. The molecular formula is C22H28N2O3. The Morgan fingerprint density at radius 3 is 2.56 bits per heavy atom. The third-order valence-electron chi connectivity index (χ3n) is 4.92. The number of anilines is 1. The van der Waals surface area contributed by atoms with Gasteiger partial charge >= 0.3 is 6.09 Å². The molecule has 0 saturated carbocycles. The number of likely N-dealkylation sites (tertiary alicyclic amines) is 1. The highest BCUT2D eigenvalue weighted by Crippen LogP contribution is 2.19. The lowest BCUT2D eigenvalue weighted by Crippen LogP contribution is -2.42. The molecule has 1 heterocycles. The van der Waals surface area contributed by atoms with E-state index in [0.717, 1.165) is 49.4 Å². The van der Waals surface area contributed by atoms with E-state index in [0.29, 0.717) is 6.54 Å². The lowest BCUT2D eigenvalue weighted by atomic mass is 10.1. The molecule has 27 heavy (non-hydrogen) atoms. The number of amides is 1. The van der Waals surface area contributed by atoms with Crippen LogP contribution in [0.2, 0.25) is 0 Å². The van der Waals surface area contributed by atoms with Gasteiger partial charge in [-0.05, 0) is 62.7 Å². The zero-order valence-corrected chi connectivity index (χ0v) is 16.1. The number of likely N-dealkylation sites (N-methyl/N-ethyl adjacent to an activating group) is 1. The van der Waals surface area contributed by atoms with Gasteiger partial charge in [-0.2, -0.15) is 0 Å². The first-order chi connectivity index (χ1) is 13.2. The summed E-state index contributed by atoms with van der Waals surface area (Å²) in [7, 11) is 3.73. The van der Waals surface area contributed by atoms with Crippen LogP contribution in [-0.2, 0) is 11.2 Å². The van der Waals surface area contributed by atoms with Gasteiger partial charge in [0.2, 0.25) is 0 Å². The number of nitrogens with zero attached hydrogens (tertiary/aromatic N) is 2. The van der Waals surface area contributed by atoms with E-state index in [1.807, 2.05) is 54.6 Å². The van der Waals surface area contributed by atoms with Crippen molar-refractivity contribution >= 4 is 11.8 Å². The molecule has 0 spiro atoms. The minimum Gasteiger partial charge on any atom is -0.497 e. The van der Waals surface area contributed by atoms with Crippen molar-refractivity contribution in [3.05, 3.63) is 60.2 Å². The number of carbonyl (C=O) groups excluding carboxylic acids is 1. The van der Waals surface area contributed by atoms with Crippen molar-refractivity contribution in [1.82, 2.24) is 4.90 Å². The zero-order chi connectivity index (χ0) is 19.1. The number of carbonyl (C=O) groups is 1. The Morgan fingerprint density at radius 2 is 1.89 bits per heavy atom. The molecule has 0 bridgehead atoms. The molecular weight excluding hydrogens is 340 g/mol. The fraction of sp³-hybridized carbons (Fsp3) is 0.409. The van der Waals surface area contributed by atoms with Gasteiger partial charge in [0.25, 0.3) is 0 Å². The Bertz CT molecular complexity index is 718. The van der Waals surface area contributed by atoms with Gasteiger partial charge in [0.15, 0.2) is 0 Å². The van der Waals surface area contributed by atoms with E-state index < -0.39 is 0 Å². The van der Waals surface area contributed by atoms with Crippen molar-refractivity contribution < 1.29 is 14.3 Å². The second kappa shape index (κ2) is 9.42. The van der Waals surface area contributed by atoms with Crippen LogP contribution in [0, 0.1) is 0 Å². The van der Waals surface area contributed by atoms with Crippen LogP contribution in [0.1, 0.15) is 18.4 Å². The number of methoxy groups -OCH3 is 1. The summed E-state index contributed by atoms with van der Waals surface area (Å²) in [5.41, 5.74) is 2.02. The standard InChI is InChI=1S/C22H28N2O3/c1-23-15-6-9-21(17-23)27-22(25)24(19-7-4-3-5-8-19)16-14-18-10-12-20(26-2)13-11-18/h3-5,7-8,10-13,21H,6,9,14-17H2,1-2H3. The predicted molar refractivity (Wildman–Crippen MR) is 107 cm³/mol. The van der Waals surface area contributed by atoms with Gasteiger partial charge in [-0.15, -0.1) is 0 Å². The molecule has 1 fully saturated rings. The smallest absolute Gasteiger partial charge is 0.414 e. The molecule has 1 aliphatic rings. The Hall–Kier alpha value is -2.53. The van der Waals surface area contributed by atoms with E-state index in [1.165, 1.54) is 0 Å². The number of hydrogen-bond acceptors (Lipinski definition) is 4. The summed E-state index contributed by atoms with van der Waals surface area (Å²) in [4.78, 5) is 16.9. The Labute approximate surface area is 161 Å². The number of piperidine rings is 1. The fourth-order valence-corrected chi connectivity index (χ4v) is 3.39. The van der Waals surface area contributed by atoms with Crippen molar-refractivity contribution in [2.24, 2.45) is 0 Å². The minimum absolute atomic E-state index is 0.0385. The topological polar surface area (TPSA) is 42.0 Å². The Balaban J connectivity index is 1.67. The molecule has 0 radical (unpaired) electrons. The molecule has 5 heteroatoms. The summed E-state index contributed by atoms with van der Waals surface area (Å²) in [6.07, 6.45) is 2.43. The monoisotopic (exact) mass is 368 g/mol. The van der Waals surface area contributed by atoms with Crippen LogP contribution >= 0.6 is 0 Å². The van der Waals surface area contributed by atoms with Gasteiger partial charge in [0, 0.05) is 18.8 Å². The van der Waals surface area contributed by atoms with E-state index in [2.05, 4.69) is 11.9 Å². The van der Waals surface area contributed by atoms with Crippen molar-refractivity contribution in [3.8, 4) is 5.75 Å². The molecule has 144 valence electrons. The quantitative estimate of drug-likeness (QED) is 0.774. The average Bonchev–Trinajstić information content (AvgIpc) is 2.69. The normalized spacial score (nSPS) is 17.3. The van der Waals surface area contributed by atoms with Crippen LogP contribution in [0.4, 0.5) is 10.5 Å². The highest BCUT2D eigenvalue weighted by atomic mass is 16.6. The summed E-state index contributed by atoms with van der Waals surface area (Å²) in [6.45, 7) is 2.43. The second-order valence-electron chi connectivity index (χ2n) is 7.00. The van der Waals surface area contributed by atoms with Gasteiger partial charge < -0.3 is 14.4 Å². The highest BCUT2D eigenvalue weighted by molar-refractivity contribution is 5.87. The number of para-hydroxylation sites is 1. The van der Waals surface area contributed by atoms with Gasteiger partial charge in [-0.3, -0.25) is 4.90 Å². The summed E-state index contributed by atoms with van der Waals surface area (Å²) in [5.74, 6) is 0.833. The maximum absolute atomic E-state index is 12.9. The molecule has 2 aromatic rings. The second-order valence-corrected chi connectivity index (χ2v) is 7.00. The van der Waals surface area contributed by atoms with E-state index >= 15 is 0 Å². The van der Waals surface area contributed by atoms with E-state index in [4.69, 9.17) is 9.47 Å². The average molecular weight is 368 g/mol. The maximum atomic E-state index is 12.9. The summed E-state index contributed by atoms with van der Waals surface area (Å²) in [5, 5.41) is 0. The van der Waals surface area contributed by atoms with Crippen LogP contribution in [0.15, 0.2) is 54.6 Å². The number of rotatable bonds is 6. The molecule has 1 atom stereocenters. The van der Waals surface area contributed by atoms with E-state index in [-0.39, 0.29) is 12.2 Å². The lowest BCUT2D eigenvalue weighted by molar-refractivity contribution is 0.0551. The van der Waals surface area contributed by atoms with Gasteiger partial charge in [-0.25, -0.2) is 4.79 Å². The maximum Gasteiger partial charge on any atom is 0.414 e. The van der Waals surface area contributed by atoms with Gasteiger partial charge in [0.05, 0.1) is 7.11 Å². The summed E-state index contributed by atoms with van der Waals surface area (Å²) < 4.78 is 11.0. The lowest BCUT2D eigenvalue weighted by Gasteiger charge is -2.31. The number of ether oxygens (including phenoxy) is 2.